The molecule has 0 aliphatic rings. The average Bonchev–Trinajstić information content (AvgIpc) is 2.26. The van der Waals surface area contributed by atoms with Crippen molar-refractivity contribution in [2.75, 3.05) is 6.54 Å². The summed E-state index contributed by atoms with van der Waals surface area (Å²) < 4.78 is 0.602. The van der Waals surface area contributed by atoms with Crippen LogP contribution in [0.15, 0.2) is 22.9 Å². The van der Waals surface area contributed by atoms with E-state index >= 15 is 0 Å². The number of hydrogen-bond donors (Lipinski definition) is 2. The second-order valence-electron chi connectivity index (χ2n) is 5.17. The zero-order chi connectivity index (χ0) is 14.5. The fraction of sp³-hybridized carbons (Fsp3) is 0.462. The molecule has 19 heavy (non-hydrogen) atoms. The summed E-state index contributed by atoms with van der Waals surface area (Å²) in [7, 11) is 0. The summed E-state index contributed by atoms with van der Waals surface area (Å²) in [6.45, 7) is 6.05. The Bertz CT molecular complexity index is 469. The number of rotatable bonds is 4. The average molecular weight is 328 g/mol. The molecular weight excluding hydrogens is 310 g/mol. The standard InChI is InChI=1S/C13H18BrN3O2/c1-13(2,3)17-11(18)5-7-16-12(19)9-4-6-15-10(14)8-9/h4,6,8H,5,7H2,1-3H3,(H,16,19)(H,17,18). The highest BCUT2D eigenvalue weighted by Crippen LogP contribution is 2.07. The lowest BCUT2D eigenvalue weighted by Gasteiger charge is -2.20. The van der Waals surface area contributed by atoms with E-state index in [2.05, 4.69) is 31.5 Å². The van der Waals surface area contributed by atoms with E-state index in [1.807, 2.05) is 20.8 Å². The second kappa shape index (κ2) is 6.65. The summed E-state index contributed by atoms with van der Waals surface area (Å²) in [6, 6.07) is 3.25. The number of halogens is 1. The first-order valence-corrected chi connectivity index (χ1v) is 6.78. The molecule has 1 aromatic rings. The fourth-order valence-corrected chi connectivity index (χ4v) is 1.78. The van der Waals surface area contributed by atoms with Crippen molar-refractivity contribution in [1.82, 2.24) is 15.6 Å². The van der Waals surface area contributed by atoms with Gasteiger partial charge in [0, 0.05) is 30.3 Å². The van der Waals surface area contributed by atoms with Crippen molar-refractivity contribution in [1.29, 1.82) is 0 Å². The molecular formula is C13H18BrN3O2. The molecule has 0 saturated carbocycles. The van der Waals surface area contributed by atoms with E-state index in [4.69, 9.17) is 0 Å². The lowest BCUT2D eigenvalue weighted by Crippen LogP contribution is -2.41. The molecule has 0 saturated heterocycles. The van der Waals surface area contributed by atoms with E-state index in [9.17, 15) is 9.59 Å². The Morgan fingerprint density at radius 1 is 1.37 bits per heavy atom. The van der Waals surface area contributed by atoms with Gasteiger partial charge in [-0.25, -0.2) is 4.98 Å². The van der Waals surface area contributed by atoms with Gasteiger partial charge in [-0.05, 0) is 48.8 Å². The maximum absolute atomic E-state index is 11.8. The number of nitrogens with one attached hydrogen (secondary N) is 2. The summed E-state index contributed by atoms with van der Waals surface area (Å²) in [5, 5.41) is 5.53. The Morgan fingerprint density at radius 3 is 2.63 bits per heavy atom. The van der Waals surface area contributed by atoms with Gasteiger partial charge in [0.1, 0.15) is 4.60 Å². The predicted molar refractivity (Wildman–Crippen MR) is 76.8 cm³/mol. The zero-order valence-electron chi connectivity index (χ0n) is 11.3. The van der Waals surface area contributed by atoms with Gasteiger partial charge in [0.15, 0.2) is 0 Å². The van der Waals surface area contributed by atoms with Gasteiger partial charge in [-0.3, -0.25) is 9.59 Å². The molecule has 2 amide bonds. The summed E-state index contributed by atoms with van der Waals surface area (Å²) in [5.74, 6) is -0.296. The number of aromatic nitrogens is 1. The van der Waals surface area contributed by atoms with Crippen molar-refractivity contribution in [3.63, 3.8) is 0 Å². The number of pyridine rings is 1. The van der Waals surface area contributed by atoms with Crippen LogP contribution in [0.5, 0.6) is 0 Å². The van der Waals surface area contributed by atoms with Crippen LogP contribution in [0, 0.1) is 0 Å². The van der Waals surface area contributed by atoms with Gasteiger partial charge in [-0.2, -0.15) is 0 Å². The second-order valence-corrected chi connectivity index (χ2v) is 5.98. The monoisotopic (exact) mass is 327 g/mol. The van der Waals surface area contributed by atoms with E-state index in [1.165, 1.54) is 0 Å². The van der Waals surface area contributed by atoms with Crippen LogP contribution in [0.4, 0.5) is 0 Å². The maximum atomic E-state index is 11.8. The number of carbonyl (C=O) groups is 2. The lowest BCUT2D eigenvalue weighted by molar-refractivity contribution is -0.122. The smallest absolute Gasteiger partial charge is 0.251 e. The van der Waals surface area contributed by atoms with Crippen molar-refractivity contribution in [3.8, 4) is 0 Å². The van der Waals surface area contributed by atoms with Gasteiger partial charge in [0.25, 0.3) is 5.91 Å². The van der Waals surface area contributed by atoms with Crippen molar-refractivity contribution in [2.24, 2.45) is 0 Å². The molecule has 0 spiro atoms. The van der Waals surface area contributed by atoms with Crippen LogP contribution >= 0.6 is 15.9 Å². The Morgan fingerprint density at radius 2 is 2.05 bits per heavy atom. The van der Waals surface area contributed by atoms with E-state index in [0.29, 0.717) is 16.7 Å². The molecule has 0 bridgehead atoms. The number of amides is 2. The molecule has 2 N–H and O–H groups in total. The summed E-state index contributed by atoms with van der Waals surface area (Å²) in [6.07, 6.45) is 1.81. The fourth-order valence-electron chi connectivity index (χ4n) is 1.42. The normalized spacial score (nSPS) is 10.9. The van der Waals surface area contributed by atoms with Crippen molar-refractivity contribution in [3.05, 3.63) is 28.5 Å². The van der Waals surface area contributed by atoms with Crippen LogP contribution in [0.3, 0.4) is 0 Å². The highest BCUT2D eigenvalue weighted by Gasteiger charge is 2.13. The Kier molecular flexibility index (Phi) is 5.47. The molecule has 0 fully saturated rings. The predicted octanol–water partition coefficient (Wildman–Crippen LogP) is 1.88. The molecule has 0 aromatic carbocycles. The molecule has 0 radical (unpaired) electrons. The SMILES string of the molecule is CC(C)(C)NC(=O)CCNC(=O)c1ccnc(Br)c1. The minimum atomic E-state index is -0.253. The van der Waals surface area contributed by atoms with Crippen LogP contribution in [0.2, 0.25) is 0 Å². The molecule has 0 atom stereocenters. The Balaban J connectivity index is 2.37. The van der Waals surface area contributed by atoms with Crippen LogP contribution < -0.4 is 10.6 Å². The number of carbonyl (C=O) groups excluding carboxylic acids is 2. The third-order valence-corrected chi connectivity index (χ3v) is 2.57. The van der Waals surface area contributed by atoms with Crippen LogP contribution in [-0.4, -0.2) is 28.9 Å². The molecule has 1 aromatic heterocycles. The van der Waals surface area contributed by atoms with Crippen molar-refractivity contribution < 1.29 is 9.59 Å². The molecule has 0 unspecified atom stereocenters. The van der Waals surface area contributed by atoms with Gasteiger partial charge in [0.2, 0.25) is 5.91 Å². The van der Waals surface area contributed by atoms with E-state index < -0.39 is 0 Å². The summed E-state index contributed by atoms with van der Waals surface area (Å²) in [4.78, 5) is 27.3. The van der Waals surface area contributed by atoms with Crippen molar-refractivity contribution >= 4 is 27.7 Å². The lowest BCUT2D eigenvalue weighted by atomic mass is 10.1. The van der Waals surface area contributed by atoms with Gasteiger partial charge in [-0.1, -0.05) is 0 Å². The Labute approximate surface area is 121 Å². The Hall–Kier alpha value is -1.43. The number of hydrogen-bond acceptors (Lipinski definition) is 3. The molecule has 6 heteroatoms. The van der Waals surface area contributed by atoms with Gasteiger partial charge >= 0.3 is 0 Å². The number of nitrogens with zero attached hydrogens (tertiary/aromatic N) is 1. The van der Waals surface area contributed by atoms with Crippen LogP contribution in [-0.2, 0) is 4.79 Å². The molecule has 0 aliphatic carbocycles. The van der Waals surface area contributed by atoms with Gasteiger partial charge < -0.3 is 10.6 Å². The van der Waals surface area contributed by atoms with E-state index in [-0.39, 0.29) is 23.8 Å². The highest BCUT2D eigenvalue weighted by molar-refractivity contribution is 9.10. The highest BCUT2D eigenvalue weighted by atomic mass is 79.9. The van der Waals surface area contributed by atoms with Gasteiger partial charge in [0.05, 0.1) is 0 Å². The molecule has 1 heterocycles. The summed E-state index contributed by atoms with van der Waals surface area (Å²) >= 11 is 3.20. The minimum Gasteiger partial charge on any atom is -0.352 e. The zero-order valence-corrected chi connectivity index (χ0v) is 12.9. The summed E-state index contributed by atoms with van der Waals surface area (Å²) in [5.41, 5.74) is 0.259. The topological polar surface area (TPSA) is 71.1 Å². The third-order valence-electron chi connectivity index (χ3n) is 2.14. The third kappa shape index (κ3) is 6.33. The van der Waals surface area contributed by atoms with Gasteiger partial charge in [-0.15, -0.1) is 0 Å². The molecule has 0 aliphatic heterocycles. The molecule has 104 valence electrons. The first-order chi connectivity index (χ1) is 8.78. The quantitative estimate of drug-likeness (QED) is 0.829. The van der Waals surface area contributed by atoms with Crippen LogP contribution in [0.25, 0.3) is 0 Å². The maximum Gasteiger partial charge on any atom is 0.251 e. The largest absolute Gasteiger partial charge is 0.352 e. The first-order valence-electron chi connectivity index (χ1n) is 5.99. The minimum absolute atomic E-state index is 0.0799. The van der Waals surface area contributed by atoms with Crippen molar-refractivity contribution in [2.45, 2.75) is 32.7 Å². The van der Waals surface area contributed by atoms with Crippen LogP contribution in [0.1, 0.15) is 37.6 Å². The first kappa shape index (κ1) is 15.6. The molecule has 1 rings (SSSR count). The van der Waals surface area contributed by atoms with E-state index in [0.717, 1.165) is 0 Å². The molecule has 5 nitrogen and oxygen atoms in total. The van der Waals surface area contributed by atoms with E-state index in [1.54, 1.807) is 18.3 Å².